The Bertz CT molecular complexity index is 421. The minimum atomic E-state index is 0.161. The van der Waals surface area contributed by atoms with E-state index in [1.807, 2.05) is 12.1 Å². The summed E-state index contributed by atoms with van der Waals surface area (Å²) >= 11 is 5.96. The fraction of sp³-hybridized carbons (Fsp3) is 0.600. The fourth-order valence-electron chi connectivity index (χ4n) is 2.92. The predicted molar refractivity (Wildman–Crippen MR) is 75.9 cm³/mol. The Morgan fingerprint density at radius 3 is 2.72 bits per heavy atom. The van der Waals surface area contributed by atoms with Crippen LogP contribution < -0.4 is 0 Å². The number of hydrogen-bond acceptors (Lipinski definition) is 2. The highest BCUT2D eigenvalue weighted by atomic mass is 35.5. The highest BCUT2D eigenvalue weighted by Gasteiger charge is 2.28. The number of likely N-dealkylation sites (tertiary alicyclic amines) is 1. The van der Waals surface area contributed by atoms with Crippen molar-refractivity contribution in [1.82, 2.24) is 4.90 Å². The molecule has 0 bridgehead atoms. The molecule has 1 saturated heterocycles. The number of piperidine rings is 1. The summed E-state index contributed by atoms with van der Waals surface area (Å²) in [5.74, 6) is 1.65. The molecule has 0 aliphatic carbocycles. The Morgan fingerprint density at radius 2 is 2.06 bits per heavy atom. The van der Waals surface area contributed by atoms with Gasteiger partial charge in [-0.15, -0.1) is 0 Å². The first kappa shape index (κ1) is 13.7. The number of nitrogens with zero attached hydrogens (tertiary/aromatic N) is 1. The molecule has 1 aliphatic heterocycles. The van der Waals surface area contributed by atoms with Crippen LogP contribution in [0.1, 0.15) is 32.8 Å². The van der Waals surface area contributed by atoms with Crippen LogP contribution in [0.2, 0.25) is 5.02 Å². The Morgan fingerprint density at radius 1 is 1.33 bits per heavy atom. The van der Waals surface area contributed by atoms with Crippen molar-refractivity contribution >= 4 is 11.6 Å². The molecule has 3 unspecified atom stereocenters. The average molecular weight is 268 g/mol. The van der Waals surface area contributed by atoms with Crippen molar-refractivity contribution in [3.8, 4) is 5.75 Å². The van der Waals surface area contributed by atoms with Crippen LogP contribution in [0.25, 0.3) is 0 Å². The standard InChI is InChI=1S/C15H22ClNO/c1-10-6-11(2)12(3)17(8-10)9-13-4-5-15(18)14(16)7-13/h4-5,7,10-12,18H,6,8-9H2,1-3H3. The summed E-state index contributed by atoms with van der Waals surface area (Å²) in [5, 5.41) is 9.88. The number of halogens is 1. The quantitative estimate of drug-likeness (QED) is 0.878. The second kappa shape index (κ2) is 5.50. The van der Waals surface area contributed by atoms with Gasteiger partial charge in [-0.3, -0.25) is 4.90 Å². The fourth-order valence-corrected chi connectivity index (χ4v) is 3.13. The average Bonchev–Trinajstić information content (AvgIpc) is 2.30. The highest BCUT2D eigenvalue weighted by molar-refractivity contribution is 6.32. The van der Waals surface area contributed by atoms with E-state index in [1.54, 1.807) is 6.07 Å². The number of phenols is 1. The SMILES string of the molecule is CC1CC(C)C(C)N(Cc2ccc(O)c(Cl)c2)C1. The highest BCUT2D eigenvalue weighted by Crippen LogP contribution is 2.29. The van der Waals surface area contributed by atoms with E-state index in [2.05, 4.69) is 25.7 Å². The summed E-state index contributed by atoms with van der Waals surface area (Å²) in [7, 11) is 0. The molecule has 1 aromatic rings. The first-order valence-electron chi connectivity index (χ1n) is 6.68. The normalized spacial score (nSPS) is 29.4. The summed E-state index contributed by atoms with van der Waals surface area (Å²) in [5.41, 5.74) is 1.17. The second-order valence-electron chi connectivity index (χ2n) is 5.77. The van der Waals surface area contributed by atoms with Gasteiger partial charge in [-0.1, -0.05) is 31.5 Å². The lowest BCUT2D eigenvalue weighted by atomic mass is 9.86. The molecule has 1 aromatic carbocycles. The van der Waals surface area contributed by atoms with Crippen LogP contribution in [0.15, 0.2) is 18.2 Å². The molecule has 1 aliphatic rings. The number of aromatic hydroxyl groups is 1. The third-order valence-electron chi connectivity index (χ3n) is 4.12. The molecule has 0 spiro atoms. The van der Waals surface area contributed by atoms with Crippen LogP contribution in [0, 0.1) is 11.8 Å². The molecule has 18 heavy (non-hydrogen) atoms. The summed E-state index contributed by atoms with van der Waals surface area (Å²) in [6.07, 6.45) is 1.31. The van der Waals surface area contributed by atoms with E-state index in [-0.39, 0.29) is 5.75 Å². The maximum atomic E-state index is 9.44. The molecule has 3 heteroatoms. The molecule has 0 aromatic heterocycles. The molecule has 1 fully saturated rings. The lowest BCUT2D eigenvalue weighted by Crippen LogP contribution is -2.45. The van der Waals surface area contributed by atoms with Crippen molar-refractivity contribution in [3.05, 3.63) is 28.8 Å². The van der Waals surface area contributed by atoms with Crippen molar-refractivity contribution in [2.75, 3.05) is 6.54 Å². The van der Waals surface area contributed by atoms with Crippen LogP contribution in [0.3, 0.4) is 0 Å². The summed E-state index contributed by atoms with van der Waals surface area (Å²) in [4.78, 5) is 2.52. The van der Waals surface area contributed by atoms with E-state index in [0.29, 0.717) is 11.1 Å². The Hall–Kier alpha value is -0.730. The van der Waals surface area contributed by atoms with Crippen molar-refractivity contribution in [1.29, 1.82) is 0 Å². The van der Waals surface area contributed by atoms with Crippen LogP contribution in [-0.2, 0) is 6.54 Å². The molecule has 2 rings (SSSR count). The predicted octanol–water partition coefficient (Wildman–Crippen LogP) is 3.91. The van der Waals surface area contributed by atoms with Gasteiger partial charge in [-0.2, -0.15) is 0 Å². The Balaban J connectivity index is 2.09. The van der Waals surface area contributed by atoms with Crippen molar-refractivity contribution < 1.29 is 5.11 Å². The van der Waals surface area contributed by atoms with E-state index in [1.165, 1.54) is 12.0 Å². The lowest BCUT2D eigenvalue weighted by Gasteiger charge is -2.41. The van der Waals surface area contributed by atoms with Crippen LogP contribution in [-0.4, -0.2) is 22.6 Å². The number of phenolic OH excluding ortho intramolecular Hbond substituents is 1. The number of rotatable bonds is 2. The monoisotopic (exact) mass is 267 g/mol. The van der Waals surface area contributed by atoms with Gasteiger partial charge < -0.3 is 5.11 Å². The molecule has 0 radical (unpaired) electrons. The van der Waals surface area contributed by atoms with Crippen molar-refractivity contribution in [2.24, 2.45) is 11.8 Å². The summed E-state index contributed by atoms with van der Waals surface area (Å²) in [6.45, 7) is 9.01. The Labute approximate surface area is 115 Å². The molecule has 1 heterocycles. The molecular formula is C15H22ClNO. The van der Waals surface area contributed by atoms with Gasteiger partial charge in [0.2, 0.25) is 0 Å². The largest absolute Gasteiger partial charge is 0.506 e. The van der Waals surface area contributed by atoms with E-state index >= 15 is 0 Å². The van der Waals surface area contributed by atoms with E-state index < -0.39 is 0 Å². The van der Waals surface area contributed by atoms with Crippen molar-refractivity contribution in [3.63, 3.8) is 0 Å². The summed E-state index contributed by atoms with van der Waals surface area (Å²) in [6, 6.07) is 6.11. The van der Waals surface area contributed by atoms with Gasteiger partial charge in [0.05, 0.1) is 5.02 Å². The molecule has 100 valence electrons. The number of benzene rings is 1. The zero-order valence-corrected chi connectivity index (χ0v) is 12.1. The van der Waals surface area contributed by atoms with Gasteiger partial charge in [0, 0.05) is 19.1 Å². The zero-order chi connectivity index (χ0) is 13.3. The molecule has 1 N–H and O–H groups in total. The van der Waals surface area contributed by atoms with Gasteiger partial charge in [0.15, 0.2) is 0 Å². The molecule has 0 amide bonds. The third kappa shape index (κ3) is 2.99. The lowest BCUT2D eigenvalue weighted by molar-refractivity contribution is 0.0729. The topological polar surface area (TPSA) is 23.5 Å². The first-order valence-corrected chi connectivity index (χ1v) is 7.06. The van der Waals surface area contributed by atoms with E-state index in [0.717, 1.165) is 24.9 Å². The number of hydrogen-bond donors (Lipinski definition) is 1. The first-order chi connectivity index (χ1) is 8.47. The zero-order valence-electron chi connectivity index (χ0n) is 11.4. The van der Waals surface area contributed by atoms with Gasteiger partial charge in [0.1, 0.15) is 5.75 Å². The van der Waals surface area contributed by atoms with Crippen molar-refractivity contribution in [2.45, 2.75) is 39.8 Å². The molecule has 3 atom stereocenters. The van der Waals surface area contributed by atoms with Gasteiger partial charge in [-0.05, 0) is 42.9 Å². The Kier molecular flexibility index (Phi) is 4.18. The minimum Gasteiger partial charge on any atom is -0.506 e. The maximum Gasteiger partial charge on any atom is 0.134 e. The van der Waals surface area contributed by atoms with Gasteiger partial charge >= 0.3 is 0 Å². The smallest absolute Gasteiger partial charge is 0.134 e. The van der Waals surface area contributed by atoms with Crippen LogP contribution >= 0.6 is 11.6 Å². The third-order valence-corrected chi connectivity index (χ3v) is 4.42. The molecule has 0 saturated carbocycles. The molecular weight excluding hydrogens is 246 g/mol. The van der Waals surface area contributed by atoms with Gasteiger partial charge in [-0.25, -0.2) is 0 Å². The second-order valence-corrected chi connectivity index (χ2v) is 6.18. The maximum absolute atomic E-state index is 9.44. The molecule has 2 nitrogen and oxygen atoms in total. The van der Waals surface area contributed by atoms with Crippen LogP contribution in [0.4, 0.5) is 0 Å². The summed E-state index contributed by atoms with van der Waals surface area (Å²) < 4.78 is 0. The minimum absolute atomic E-state index is 0.161. The van der Waals surface area contributed by atoms with E-state index in [9.17, 15) is 5.11 Å². The van der Waals surface area contributed by atoms with Crippen LogP contribution in [0.5, 0.6) is 5.75 Å². The van der Waals surface area contributed by atoms with Gasteiger partial charge in [0.25, 0.3) is 0 Å². The van der Waals surface area contributed by atoms with E-state index in [4.69, 9.17) is 11.6 Å².